The fourth-order valence-electron chi connectivity index (χ4n) is 3.86. The van der Waals surface area contributed by atoms with E-state index >= 15 is 0 Å². The summed E-state index contributed by atoms with van der Waals surface area (Å²) in [7, 11) is 0. The number of aromatic nitrogens is 4. The zero-order valence-corrected chi connectivity index (χ0v) is 20.1. The van der Waals surface area contributed by atoms with Gasteiger partial charge in [-0.25, -0.2) is 0 Å². The highest BCUT2D eigenvalue weighted by atomic mass is 32.2. The molecular weight excluding hydrogens is 458 g/mol. The monoisotopic (exact) mass is 483 g/mol. The zero-order chi connectivity index (χ0) is 24.0. The summed E-state index contributed by atoms with van der Waals surface area (Å²) in [4.78, 5) is 15.9. The number of rotatable bonds is 9. The number of carbonyl (C=O) groups excluding carboxylic acids is 1. The maximum Gasteiger partial charge on any atom is 0.230 e. The average Bonchev–Trinajstić information content (AvgIpc) is 3.51. The van der Waals surface area contributed by atoms with Crippen LogP contribution in [-0.2, 0) is 11.3 Å². The Morgan fingerprint density at radius 2 is 1.77 bits per heavy atom. The molecule has 2 heterocycles. The van der Waals surface area contributed by atoms with E-state index in [-0.39, 0.29) is 11.7 Å². The van der Waals surface area contributed by atoms with Crippen LogP contribution in [0.5, 0.6) is 5.75 Å². The van der Waals surface area contributed by atoms with Crippen LogP contribution in [0.1, 0.15) is 12.5 Å². The first-order valence-electron chi connectivity index (χ1n) is 11.4. The SMILES string of the molecule is CCOc1ccc(-n2c(SCC(=O)NCc3ccccc3)nnc2-c2c[nH]c3ccccc23)cc1. The minimum atomic E-state index is -0.0614. The molecule has 0 aliphatic carbocycles. The molecule has 0 atom stereocenters. The van der Waals surface area contributed by atoms with Gasteiger partial charge in [0.25, 0.3) is 0 Å². The van der Waals surface area contributed by atoms with Crippen molar-refractivity contribution in [3.63, 3.8) is 0 Å². The van der Waals surface area contributed by atoms with Crippen LogP contribution in [-0.4, -0.2) is 38.0 Å². The van der Waals surface area contributed by atoms with Crippen molar-refractivity contribution >= 4 is 28.6 Å². The molecule has 35 heavy (non-hydrogen) atoms. The molecule has 176 valence electrons. The summed E-state index contributed by atoms with van der Waals surface area (Å²) in [6, 6.07) is 25.8. The standard InChI is InChI=1S/C27H25N5O2S/c1-2-34-21-14-12-20(13-15-21)32-26(23-17-28-24-11-7-6-10-22(23)24)30-31-27(32)35-18-25(33)29-16-19-8-4-3-5-9-19/h3-15,17,28H,2,16,18H2,1H3,(H,29,33). The third kappa shape index (κ3) is 5.07. The van der Waals surface area contributed by atoms with Crippen molar-refractivity contribution in [1.29, 1.82) is 0 Å². The van der Waals surface area contributed by atoms with E-state index in [1.165, 1.54) is 11.8 Å². The summed E-state index contributed by atoms with van der Waals surface area (Å²) in [5, 5.41) is 13.7. The topological polar surface area (TPSA) is 84.8 Å². The number of para-hydroxylation sites is 1. The molecule has 0 fully saturated rings. The molecule has 5 rings (SSSR count). The Labute approximate surface area is 207 Å². The second-order valence-corrected chi connectivity index (χ2v) is 8.81. The summed E-state index contributed by atoms with van der Waals surface area (Å²) in [6.45, 7) is 3.05. The Balaban J connectivity index is 1.43. The third-order valence-corrected chi connectivity index (χ3v) is 6.46. The fraction of sp³-hybridized carbons (Fsp3) is 0.148. The number of nitrogens with zero attached hydrogens (tertiary/aromatic N) is 3. The van der Waals surface area contributed by atoms with Crippen LogP contribution in [0.3, 0.4) is 0 Å². The van der Waals surface area contributed by atoms with E-state index in [4.69, 9.17) is 4.74 Å². The van der Waals surface area contributed by atoms with Crippen molar-refractivity contribution in [2.45, 2.75) is 18.6 Å². The molecule has 2 aromatic heterocycles. The lowest BCUT2D eigenvalue weighted by atomic mass is 10.1. The van der Waals surface area contributed by atoms with Crippen molar-refractivity contribution in [1.82, 2.24) is 25.1 Å². The van der Waals surface area contributed by atoms with Gasteiger partial charge < -0.3 is 15.0 Å². The normalized spacial score (nSPS) is 11.0. The van der Waals surface area contributed by atoms with Gasteiger partial charge in [-0.2, -0.15) is 0 Å². The van der Waals surface area contributed by atoms with E-state index in [9.17, 15) is 4.79 Å². The van der Waals surface area contributed by atoms with Gasteiger partial charge in [0.1, 0.15) is 5.75 Å². The predicted molar refractivity (Wildman–Crippen MR) is 139 cm³/mol. The van der Waals surface area contributed by atoms with Crippen LogP contribution >= 0.6 is 11.8 Å². The predicted octanol–water partition coefficient (Wildman–Crippen LogP) is 5.22. The fourth-order valence-corrected chi connectivity index (χ4v) is 4.64. The molecule has 8 heteroatoms. The van der Waals surface area contributed by atoms with Crippen LogP contribution in [0, 0.1) is 0 Å². The summed E-state index contributed by atoms with van der Waals surface area (Å²) in [5.41, 5.74) is 3.93. The summed E-state index contributed by atoms with van der Waals surface area (Å²) < 4.78 is 7.59. The highest BCUT2D eigenvalue weighted by molar-refractivity contribution is 7.99. The van der Waals surface area contributed by atoms with Gasteiger partial charge in [-0.15, -0.1) is 10.2 Å². The van der Waals surface area contributed by atoms with Gasteiger partial charge in [0.2, 0.25) is 5.91 Å². The largest absolute Gasteiger partial charge is 0.494 e. The van der Waals surface area contributed by atoms with Crippen LogP contribution < -0.4 is 10.1 Å². The van der Waals surface area contributed by atoms with Crippen molar-refractivity contribution in [2.75, 3.05) is 12.4 Å². The van der Waals surface area contributed by atoms with Crippen molar-refractivity contribution in [3.05, 3.63) is 90.6 Å². The van der Waals surface area contributed by atoms with Crippen LogP contribution in [0.2, 0.25) is 0 Å². The number of H-pyrrole nitrogens is 1. The number of amides is 1. The number of fused-ring (bicyclic) bond motifs is 1. The zero-order valence-electron chi connectivity index (χ0n) is 19.3. The lowest BCUT2D eigenvalue weighted by Crippen LogP contribution is -2.24. The maximum atomic E-state index is 12.6. The maximum absolute atomic E-state index is 12.6. The molecule has 0 aliphatic heterocycles. The van der Waals surface area contributed by atoms with Gasteiger partial charge in [0, 0.05) is 34.9 Å². The van der Waals surface area contributed by atoms with Gasteiger partial charge in [-0.3, -0.25) is 9.36 Å². The number of nitrogens with one attached hydrogen (secondary N) is 2. The summed E-state index contributed by atoms with van der Waals surface area (Å²) >= 11 is 1.36. The molecule has 5 aromatic rings. The van der Waals surface area contributed by atoms with Gasteiger partial charge in [-0.05, 0) is 42.8 Å². The first-order chi connectivity index (χ1) is 17.2. The molecule has 0 aliphatic rings. The highest BCUT2D eigenvalue weighted by Crippen LogP contribution is 2.32. The molecule has 0 unspecified atom stereocenters. The third-order valence-electron chi connectivity index (χ3n) is 5.53. The number of aromatic amines is 1. The van der Waals surface area contributed by atoms with Gasteiger partial charge in [0.05, 0.1) is 12.4 Å². The molecular formula is C27H25N5O2S. The minimum absolute atomic E-state index is 0.0614. The Hall–Kier alpha value is -4.04. The first kappa shape index (κ1) is 22.7. The number of thioether (sulfide) groups is 1. The van der Waals surface area contributed by atoms with Crippen molar-refractivity contribution in [2.24, 2.45) is 0 Å². The molecule has 0 bridgehead atoms. The Bertz CT molecular complexity index is 1430. The Kier molecular flexibility index (Phi) is 6.81. The van der Waals surface area contributed by atoms with E-state index in [0.29, 0.717) is 24.1 Å². The van der Waals surface area contributed by atoms with Crippen molar-refractivity contribution < 1.29 is 9.53 Å². The summed E-state index contributed by atoms with van der Waals surface area (Å²) in [5.74, 6) is 1.68. The minimum Gasteiger partial charge on any atom is -0.494 e. The molecule has 0 radical (unpaired) electrons. The van der Waals surface area contributed by atoms with Crippen molar-refractivity contribution in [3.8, 4) is 22.8 Å². The van der Waals surface area contributed by atoms with Gasteiger partial charge >= 0.3 is 0 Å². The summed E-state index contributed by atoms with van der Waals surface area (Å²) in [6.07, 6.45) is 1.95. The first-order valence-corrected chi connectivity index (χ1v) is 12.4. The van der Waals surface area contributed by atoms with Crippen LogP contribution in [0.15, 0.2) is 90.2 Å². The molecule has 2 N–H and O–H groups in total. The second kappa shape index (κ2) is 10.5. The molecule has 0 saturated heterocycles. The smallest absolute Gasteiger partial charge is 0.230 e. The van der Waals surface area contributed by atoms with Crippen LogP contribution in [0.4, 0.5) is 0 Å². The lowest BCUT2D eigenvalue weighted by Gasteiger charge is -2.11. The molecule has 0 spiro atoms. The average molecular weight is 484 g/mol. The van der Waals surface area contributed by atoms with E-state index in [2.05, 4.69) is 26.6 Å². The van der Waals surface area contributed by atoms with Gasteiger partial charge in [0.15, 0.2) is 11.0 Å². The quantitative estimate of drug-likeness (QED) is 0.281. The molecule has 1 amide bonds. The van der Waals surface area contributed by atoms with Crippen LogP contribution in [0.25, 0.3) is 28.0 Å². The highest BCUT2D eigenvalue weighted by Gasteiger charge is 2.20. The van der Waals surface area contributed by atoms with E-state index < -0.39 is 0 Å². The number of benzene rings is 3. The van der Waals surface area contributed by atoms with E-state index in [1.807, 2.05) is 90.5 Å². The number of carbonyl (C=O) groups is 1. The lowest BCUT2D eigenvalue weighted by molar-refractivity contribution is -0.118. The molecule has 7 nitrogen and oxygen atoms in total. The number of hydrogen-bond donors (Lipinski definition) is 2. The van der Waals surface area contributed by atoms with E-state index in [1.54, 1.807) is 0 Å². The Morgan fingerprint density at radius 3 is 2.57 bits per heavy atom. The second-order valence-electron chi connectivity index (χ2n) is 7.87. The number of hydrogen-bond acceptors (Lipinski definition) is 5. The molecule has 3 aromatic carbocycles. The molecule has 0 saturated carbocycles. The van der Waals surface area contributed by atoms with Gasteiger partial charge in [-0.1, -0.05) is 60.3 Å². The van der Waals surface area contributed by atoms with E-state index in [0.717, 1.165) is 33.5 Å². The number of ether oxygens (including phenoxy) is 1. The Morgan fingerprint density at radius 1 is 1.00 bits per heavy atom.